The van der Waals surface area contributed by atoms with Crippen molar-refractivity contribution in [2.24, 2.45) is 4.99 Å². The largest absolute Gasteiger partial charge is 0.459 e. The molecule has 7 heteroatoms. The minimum Gasteiger partial charge on any atom is -0.459 e. The Hall–Kier alpha value is -2.41. The third-order valence-electron chi connectivity index (χ3n) is 4.05. The molecule has 1 aromatic carbocycles. The molecule has 132 valence electrons. The Labute approximate surface area is 150 Å². The number of thiazole rings is 1. The van der Waals surface area contributed by atoms with Gasteiger partial charge in [0, 0.05) is 22.9 Å². The topological polar surface area (TPSA) is 62.5 Å². The third-order valence-corrected chi connectivity index (χ3v) is 5.13. The van der Waals surface area contributed by atoms with E-state index in [0.29, 0.717) is 24.6 Å². The zero-order chi connectivity index (χ0) is 18.0. The Balaban J connectivity index is 1.65. The molecular weight excluding hydrogens is 339 g/mol. The first-order valence-corrected chi connectivity index (χ1v) is 8.84. The molecule has 0 unspecified atom stereocenters. The van der Waals surface area contributed by atoms with E-state index in [9.17, 15) is 4.39 Å². The van der Waals surface area contributed by atoms with Crippen LogP contribution in [-0.2, 0) is 13.1 Å². The number of nitrogens with one attached hydrogen (secondary N) is 2. The van der Waals surface area contributed by atoms with Gasteiger partial charge in [-0.3, -0.25) is 4.99 Å². The van der Waals surface area contributed by atoms with E-state index in [0.717, 1.165) is 27.4 Å². The maximum absolute atomic E-state index is 13.4. The summed E-state index contributed by atoms with van der Waals surface area (Å²) in [5, 5.41) is 8.37. The zero-order valence-corrected chi connectivity index (χ0v) is 15.6. The van der Waals surface area contributed by atoms with Gasteiger partial charge in [-0.25, -0.2) is 9.37 Å². The van der Waals surface area contributed by atoms with E-state index in [1.54, 1.807) is 24.5 Å². The highest BCUT2D eigenvalue weighted by molar-refractivity contribution is 7.11. The van der Waals surface area contributed by atoms with Crippen molar-refractivity contribution in [1.29, 1.82) is 0 Å². The Morgan fingerprint density at radius 3 is 2.68 bits per heavy atom. The first-order chi connectivity index (χ1) is 12.0. The summed E-state index contributed by atoms with van der Waals surface area (Å²) in [4.78, 5) is 9.84. The summed E-state index contributed by atoms with van der Waals surface area (Å²) in [7, 11) is 1.72. The number of rotatable bonds is 4. The van der Waals surface area contributed by atoms with Gasteiger partial charge in [0.15, 0.2) is 5.96 Å². The predicted octanol–water partition coefficient (Wildman–Crippen LogP) is 3.82. The van der Waals surface area contributed by atoms with Crippen molar-refractivity contribution in [3.8, 4) is 0 Å². The summed E-state index contributed by atoms with van der Waals surface area (Å²) in [5.74, 6) is 1.19. The second-order valence-electron chi connectivity index (χ2n) is 5.81. The van der Waals surface area contributed by atoms with E-state index < -0.39 is 0 Å². The van der Waals surface area contributed by atoms with Gasteiger partial charge >= 0.3 is 0 Å². The van der Waals surface area contributed by atoms with Crippen LogP contribution in [0.1, 0.15) is 26.9 Å². The molecule has 0 spiro atoms. The van der Waals surface area contributed by atoms with Crippen molar-refractivity contribution in [2.75, 3.05) is 7.05 Å². The molecule has 5 nitrogen and oxygen atoms in total. The molecular formula is C18H21FN4OS. The molecule has 0 saturated heterocycles. The number of fused-ring (bicyclic) bond motifs is 1. The van der Waals surface area contributed by atoms with Crippen LogP contribution < -0.4 is 10.6 Å². The minimum absolute atomic E-state index is 0.261. The lowest BCUT2D eigenvalue weighted by molar-refractivity contribution is 0.534. The number of nitrogens with zero attached hydrogens (tertiary/aromatic N) is 2. The quantitative estimate of drug-likeness (QED) is 0.548. The van der Waals surface area contributed by atoms with Gasteiger partial charge in [-0.15, -0.1) is 11.3 Å². The van der Waals surface area contributed by atoms with Crippen molar-refractivity contribution in [1.82, 2.24) is 15.6 Å². The van der Waals surface area contributed by atoms with E-state index in [-0.39, 0.29) is 5.82 Å². The van der Waals surface area contributed by atoms with Gasteiger partial charge < -0.3 is 15.1 Å². The Bertz CT molecular complexity index is 929. The SMILES string of the molecule is CN=C(NCc1oc2ccc(F)cc2c1C)NCc1sc(C)nc1C. The van der Waals surface area contributed by atoms with E-state index in [4.69, 9.17) is 4.42 Å². The maximum atomic E-state index is 13.4. The van der Waals surface area contributed by atoms with Crippen LogP contribution in [0.5, 0.6) is 0 Å². The molecule has 0 amide bonds. The number of guanidine groups is 1. The highest BCUT2D eigenvalue weighted by atomic mass is 32.1. The van der Waals surface area contributed by atoms with Crippen LogP contribution in [0.3, 0.4) is 0 Å². The summed E-state index contributed by atoms with van der Waals surface area (Å²) < 4.78 is 19.2. The fourth-order valence-corrected chi connectivity index (χ4v) is 3.58. The van der Waals surface area contributed by atoms with Crippen molar-refractivity contribution in [2.45, 2.75) is 33.9 Å². The summed E-state index contributed by atoms with van der Waals surface area (Å²) in [6, 6.07) is 4.56. The Morgan fingerprint density at radius 2 is 2.00 bits per heavy atom. The fourth-order valence-electron chi connectivity index (χ4n) is 2.70. The van der Waals surface area contributed by atoms with Gasteiger partial charge in [0.2, 0.25) is 0 Å². The van der Waals surface area contributed by atoms with Crippen molar-refractivity contribution in [3.05, 3.63) is 50.9 Å². The van der Waals surface area contributed by atoms with Crippen LogP contribution in [0, 0.1) is 26.6 Å². The molecule has 2 N–H and O–H groups in total. The van der Waals surface area contributed by atoms with Crippen LogP contribution in [-0.4, -0.2) is 18.0 Å². The molecule has 0 atom stereocenters. The average molecular weight is 360 g/mol. The molecule has 0 radical (unpaired) electrons. The smallest absolute Gasteiger partial charge is 0.191 e. The second kappa shape index (κ2) is 7.23. The summed E-state index contributed by atoms with van der Waals surface area (Å²) in [6.45, 7) is 7.08. The molecule has 0 aliphatic carbocycles. The van der Waals surface area contributed by atoms with Crippen LogP contribution in [0.4, 0.5) is 4.39 Å². The Morgan fingerprint density at radius 1 is 1.24 bits per heavy atom. The summed E-state index contributed by atoms with van der Waals surface area (Å²) in [6.07, 6.45) is 0. The van der Waals surface area contributed by atoms with Crippen LogP contribution in [0.15, 0.2) is 27.6 Å². The van der Waals surface area contributed by atoms with Gasteiger partial charge in [0.25, 0.3) is 0 Å². The highest BCUT2D eigenvalue weighted by Gasteiger charge is 2.12. The Kier molecular flexibility index (Phi) is 5.03. The van der Waals surface area contributed by atoms with E-state index in [2.05, 4.69) is 20.6 Å². The lowest BCUT2D eigenvalue weighted by atomic mass is 10.1. The number of aliphatic imine (C=N–C) groups is 1. The number of aromatic nitrogens is 1. The molecule has 0 bridgehead atoms. The first kappa shape index (κ1) is 17.4. The van der Waals surface area contributed by atoms with Gasteiger partial charge in [-0.2, -0.15) is 0 Å². The van der Waals surface area contributed by atoms with Gasteiger partial charge in [0.1, 0.15) is 17.2 Å². The number of benzene rings is 1. The van der Waals surface area contributed by atoms with Gasteiger partial charge in [-0.1, -0.05) is 0 Å². The van der Waals surface area contributed by atoms with Crippen molar-refractivity contribution in [3.63, 3.8) is 0 Å². The van der Waals surface area contributed by atoms with E-state index in [1.807, 2.05) is 20.8 Å². The molecule has 0 aliphatic rings. The summed E-state index contributed by atoms with van der Waals surface area (Å²) in [5.41, 5.74) is 2.67. The number of aryl methyl sites for hydroxylation is 3. The number of hydrogen-bond acceptors (Lipinski definition) is 4. The lowest BCUT2D eigenvalue weighted by Crippen LogP contribution is -2.36. The normalized spacial score (nSPS) is 12.0. The zero-order valence-electron chi connectivity index (χ0n) is 14.7. The van der Waals surface area contributed by atoms with Crippen LogP contribution in [0.25, 0.3) is 11.0 Å². The van der Waals surface area contributed by atoms with Gasteiger partial charge in [-0.05, 0) is 39.0 Å². The summed E-state index contributed by atoms with van der Waals surface area (Å²) >= 11 is 1.68. The number of hydrogen-bond donors (Lipinski definition) is 2. The van der Waals surface area contributed by atoms with Crippen LogP contribution >= 0.6 is 11.3 Å². The van der Waals surface area contributed by atoms with Crippen LogP contribution in [0.2, 0.25) is 0 Å². The van der Waals surface area contributed by atoms with E-state index in [1.165, 1.54) is 17.0 Å². The molecule has 3 rings (SSSR count). The lowest BCUT2D eigenvalue weighted by Gasteiger charge is -2.10. The maximum Gasteiger partial charge on any atom is 0.191 e. The van der Waals surface area contributed by atoms with Crippen molar-refractivity contribution >= 4 is 28.3 Å². The monoisotopic (exact) mass is 360 g/mol. The molecule has 0 fully saturated rings. The minimum atomic E-state index is -0.261. The van der Waals surface area contributed by atoms with Gasteiger partial charge in [0.05, 0.1) is 23.8 Å². The van der Waals surface area contributed by atoms with Crippen molar-refractivity contribution < 1.29 is 8.81 Å². The van der Waals surface area contributed by atoms with E-state index >= 15 is 0 Å². The number of halogens is 1. The molecule has 0 aliphatic heterocycles. The molecule has 3 aromatic rings. The second-order valence-corrected chi connectivity index (χ2v) is 7.10. The fraction of sp³-hybridized carbons (Fsp3) is 0.333. The molecule has 2 aromatic heterocycles. The standard InChI is InChI=1S/C18H21FN4OS/c1-10-14-7-13(19)5-6-15(14)24-16(10)8-21-18(20-4)22-9-17-11(2)23-12(3)25-17/h5-7H,8-9H2,1-4H3,(H2,20,21,22). The molecule has 2 heterocycles. The highest BCUT2D eigenvalue weighted by Crippen LogP contribution is 2.25. The average Bonchev–Trinajstić information content (AvgIpc) is 3.07. The first-order valence-electron chi connectivity index (χ1n) is 8.03. The third kappa shape index (κ3) is 3.82. The predicted molar refractivity (Wildman–Crippen MR) is 99.5 cm³/mol. The molecule has 25 heavy (non-hydrogen) atoms. The number of furan rings is 1. The molecule has 0 saturated carbocycles.